The highest BCUT2D eigenvalue weighted by Crippen LogP contribution is 2.31. The summed E-state index contributed by atoms with van der Waals surface area (Å²) < 4.78 is 38.6. The van der Waals surface area contributed by atoms with Crippen LogP contribution < -0.4 is 9.80 Å². The van der Waals surface area contributed by atoms with Gasteiger partial charge in [0.05, 0.1) is 38.3 Å². The maximum atomic E-state index is 12.9. The Bertz CT molecular complexity index is 583. The summed E-state index contributed by atoms with van der Waals surface area (Å²) in [6, 6.07) is 5.70. The molecule has 1 fully saturated rings. The molecule has 1 aromatic rings. The molecule has 1 saturated heterocycles. The molecule has 1 N–H and O–H groups in total. The molecule has 0 spiro atoms. The lowest BCUT2D eigenvalue weighted by molar-refractivity contribution is -0.901. The fourth-order valence-corrected chi connectivity index (χ4v) is 3.46. The second kappa shape index (κ2) is 9.45. The minimum absolute atomic E-state index is 0.560. The van der Waals surface area contributed by atoms with Crippen LogP contribution in [0.4, 0.5) is 18.9 Å². The fourth-order valence-electron chi connectivity index (χ4n) is 3.46. The minimum Gasteiger partial charge on any atom is -0.360 e. The van der Waals surface area contributed by atoms with E-state index >= 15 is 0 Å². The Morgan fingerprint density at radius 1 is 1.19 bits per heavy atom. The maximum absolute atomic E-state index is 12.9. The average molecular weight is 369 g/mol. The van der Waals surface area contributed by atoms with Gasteiger partial charge in [0.1, 0.15) is 0 Å². The van der Waals surface area contributed by atoms with E-state index in [9.17, 15) is 13.2 Å². The molecule has 26 heavy (non-hydrogen) atoms. The Hall–Kier alpha value is -1.49. The Morgan fingerprint density at radius 3 is 2.50 bits per heavy atom. The second-order valence-electron chi connectivity index (χ2n) is 7.79. The highest BCUT2D eigenvalue weighted by atomic mass is 19.4. The molecule has 1 aromatic carbocycles. The summed E-state index contributed by atoms with van der Waals surface area (Å²) in [7, 11) is 0. The third-order valence-corrected chi connectivity index (χ3v) is 5.21. The molecule has 5 heteroatoms. The van der Waals surface area contributed by atoms with Crippen molar-refractivity contribution in [2.45, 2.75) is 46.2 Å². The van der Waals surface area contributed by atoms with Gasteiger partial charge in [0, 0.05) is 5.69 Å². The zero-order valence-electron chi connectivity index (χ0n) is 16.2. The first-order valence-corrected chi connectivity index (χ1v) is 9.65. The van der Waals surface area contributed by atoms with E-state index in [1.807, 2.05) is 0 Å². The molecule has 0 aliphatic carbocycles. The molecule has 0 aromatic heterocycles. The zero-order chi connectivity index (χ0) is 19.2. The van der Waals surface area contributed by atoms with Crippen LogP contribution in [0.5, 0.6) is 0 Å². The van der Waals surface area contributed by atoms with E-state index in [4.69, 9.17) is 0 Å². The minimum atomic E-state index is -4.27. The van der Waals surface area contributed by atoms with Crippen molar-refractivity contribution < 1.29 is 18.1 Å². The van der Waals surface area contributed by atoms with Crippen LogP contribution in [0, 0.1) is 5.92 Å². The van der Waals surface area contributed by atoms with Crippen LogP contribution in [0.2, 0.25) is 0 Å². The van der Waals surface area contributed by atoms with E-state index in [0.29, 0.717) is 5.69 Å². The van der Waals surface area contributed by atoms with E-state index in [1.54, 1.807) is 11.0 Å². The van der Waals surface area contributed by atoms with Gasteiger partial charge < -0.3 is 9.80 Å². The lowest BCUT2D eigenvalue weighted by Crippen LogP contribution is -3.14. The maximum Gasteiger partial charge on any atom is 0.416 e. The second-order valence-corrected chi connectivity index (χ2v) is 7.79. The number of benzene rings is 1. The molecular formula is C21H32F3N2+. The monoisotopic (exact) mass is 369 g/mol. The van der Waals surface area contributed by atoms with E-state index in [0.717, 1.165) is 51.1 Å². The smallest absolute Gasteiger partial charge is 0.360 e. The molecule has 0 unspecified atom stereocenters. The zero-order valence-corrected chi connectivity index (χ0v) is 16.2. The number of nitrogens with zero attached hydrogens (tertiary/aromatic N) is 1. The van der Waals surface area contributed by atoms with Crippen LogP contribution in [-0.4, -0.2) is 32.7 Å². The van der Waals surface area contributed by atoms with Crippen LogP contribution >= 0.6 is 0 Å². The molecule has 0 amide bonds. The normalized spacial score (nSPS) is 17.2. The number of alkyl halides is 3. The summed E-state index contributed by atoms with van der Waals surface area (Å²) in [5.41, 5.74) is 1.51. The lowest BCUT2D eigenvalue weighted by atomic mass is 10.0. The van der Waals surface area contributed by atoms with Crippen molar-refractivity contribution in [2.24, 2.45) is 5.92 Å². The number of halogens is 3. The summed E-state index contributed by atoms with van der Waals surface area (Å²) in [6.45, 7) is 11.4. The Kier molecular flexibility index (Phi) is 7.56. The highest BCUT2D eigenvalue weighted by Gasteiger charge is 2.31. The first-order chi connectivity index (χ1) is 12.3. The molecule has 2 rings (SSSR count). The molecule has 1 aliphatic heterocycles. The predicted octanol–water partition coefficient (Wildman–Crippen LogP) is 4.18. The Morgan fingerprint density at radius 2 is 1.88 bits per heavy atom. The van der Waals surface area contributed by atoms with Gasteiger partial charge in [-0.15, -0.1) is 0 Å². The summed E-state index contributed by atoms with van der Waals surface area (Å²) in [5.74, 6) is 0.722. The van der Waals surface area contributed by atoms with E-state index in [-0.39, 0.29) is 0 Å². The lowest BCUT2D eigenvalue weighted by Gasteiger charge is -2.34. The SMILES string of the molecule is CC(C)=CCC[C@@H](C)CC[NH+]1CCN(c2cccc(C(F)(F)F)c2)CC1. The molecule has 0 radical (unpaired) electrons. The van der Waals surface area contributed by atoms with Crippen molar-refractivity contribution in [1.82, 2.24) is 0 Å². The van der Waals surface area contributed by atoms with E-state index < -0.39 is 11.7 Å². The molecular weight excluding hydrogens is 337 g/mol. The number of nitrogens with one attached hydrogen (secondary N) is 1. The number of piperazine rings is 1. The topological polar surface area (TPSA) is 7.68 Å². The number of anilines is 1. The van der Waals surface area contributed by atoms with Crippen molar-refractivity contribution in [2.75, 3.05) is 37.6 Å². The van der Waals surface area contributed by atoms with Crippen LogP contribution in [0.15, 0.2) is 35.9 Å². The van der Waals surface area contributed by atoms with Crippen molar-refractivity contribution in [3.05, 3.63) is 41.5 Å². The molecule has 1 atom stereocenters. The van der Waals surface area contributed by atoms with Crippen molar-refractivity contribution in [3.63, 3.8) is 0 Å². The van der Waals surface area contributed by atoms with E-state index in [1.165, 1.54) is 30.5 Å². The predicted molar refractivity (Wildman–Crippen MR) is 102 cm³/mol. The van der Waals surface area contributed by atoms with Gasteiger partial charge >= 0.3 is 6.18 Å². The highest BCUT2D eigenvalue weighted by molar-refractivity contribution is 5.49. The van der Waals surface area contributed by atoms with Gasteiger partial charge in [-0.05, 0) is 57.2 Å². The number of quaternary nitrogens is 1. The van der Waals surface area contributed by atoms with Crippen LogP contribution in [-0.2, 0) is 6.18 Å². The van der Waals surface area contributed by atoms with Gasteiger partial charge in [-0.25, -0.2) is 0 Å². The van der Waals surface area contributed by atoms with Crippen molar-refractivity contribution in [3.8, 4) is 0 Å². The third kappa shape index (κ3) is 6.67. The number of rotatable bonds is 7. The first kappa shape index (κ1) is 20.8. The molecule has 1 aliphatic rings. The van der Waals surface area contributed by atoms with Gasteiger partial charge in [-0.1, -0.05) is 24.6 Å². The Labute approximate surface area is 155 Å². The molecule has 0 bridgehead atoms. The van der Waals surface area contributed by atoms with Gasteiger partial charge in [0.15, 0.2) is 0 Å². The summed E-state index contributed by atoms with van der Waals surface area (Å²) in [4.78, 5) is 3.65. The van der Waals surface area contributed by atoms with Crippen molar-refractivity contribution >= 4 is 5.69 Å². The van der Waals surface area contributed by atoms with Crippen LogP contribution in [0.1, 0.15) is 45.6 Å². The summed E-state index contributed by atoms with van der Waals surface area (Å²) >= 11 is 0. The standard InChI is InChI=1S/C21H31F3N2/c1-17(2)6-4-7-18(3)10-11-25-12-14-26(15-13-25)20-9-5-8-19(16-20)21(22,23)24/h5-6,8-9,16,18H,4,7,10-15H2,1-3H3/p+1/t18-/m1/s1. The van der Waals surface area contributed by atoms with Crippen molar-refractivity contribution in [1.29, 1.82) is 0 Å². The molecule has 146 valence electrons. The summed E-state index contributed by atoms with van der Waals surface area (Å²) in [5, 5.41) is 0. The van der Waals surface area contributed by atoms with Gasteiger partial charge in [-0.2, -0.15) is 13.2 Å². The van der Waals surface area contributed by atoms with Gasteiger partial charge in [-0.3, -0.25) is 0 Å². The largest absolute Gasteiger partial charge is 0.416 e. The van der Waals surface area contributed by atoms with Crippen LogP contribution in [0.25, 0.3) is 0 Å². The van der Waals surface area contributed by atoms with Gasteiger partial charge in [0.2, 0.25) is 0 Å². The van der Waals surface area contributed by atoms with Gasteiger partial charge in [0.25, 0.3) is 0 Å². The average Bonchev–Trinajstić information content (AvgIpc) is 2.59. The first-order valence-electron chi connectivity index (χ1n) is 9.65. The quantitative estimate of drug-likeness (QED) is 0.709. The van der Waals surface area contributed by atoms with Crippen LogP contribution in [0.3, 0.4) is 0 Å². The fraction of sp³-hybridized carbons (Fsp3) is 0.619. The number of allylic oxidation sites excluding steroid dienone is 2. The molecule has 1 heterocycles. The summed E-state index contributed by atoms with van der Waals surface area (Å²) in [6.07, 6.45) is 1.63. The van der Waals surface area contributed by atoms with E-state index in [2.05, 4.69) is 31.7 Å². The third-order valence-electron chi connectivity index (χ3n) is 5.21. The molecule has 0 saturated carbocycles. The number of hydrogen-bond donors (Lipinski definition) is 1. The number of hydrogen-bond acceptors (Lipinski definition) is 1. The molecule has 2 nitrogen and oxygen atoms in total. The Balaban J connectivity index is 1.76.